The molecule has 0 fully saturated rings. The van der Waals surface area contributed by atoms with Crippen molar-refractivity contribution < 1.29 is 15.0 Å². The first-order valence-corrected chi connectivity index (χ1v) is 12.1. The van der Waals surface area contributed by atoms with Gasteiger partial charge in [0, 0.05) is 30.5 Å². The maximum Gasteiger partial charge on any atom is 0.290 e. The molecule has 1 aliphatic heterocycles. The Bertz CT molecular complexity index is 1570. The fourth-order valence-electron chi connectivity index (χ4n) is 4.87. The normalized spacial score (nSPS) is 12.6. The Morgan fingerprint density at radius 1 is 1.14 bits per heavy atom. The monoisotopic (exact) mass is 496 g/mol. The van der Waals surface area contributed by atoms with Crippen molar-refractivity contribution in [2.24, 2.45) is 0 Å². The van der Waals surface area contributed by atoms with Gasteiger partial charge in [-0.2, -0.15) is 5.10 Å². The molecule has 4 heterocycles. The molecule has 3 aromatic heterocycles. The van der Waals surface area contributed by atoms with E-state index in [9.17, 15) is 5.11 Å². The van der Waals surface area contributed by atoms with Gasteiger partial charge in [0.1, 0.15) is 11.6 Å². The van der Waals surface area contributed by atoms with E-state index < -0.39 is 0 Å². The zero-order chi connectivity index (χ0) is 25.9. The molecule has 0 spiro atoms. The third-order valence-corrected chi connectivity index (χ3v) is 6.67. The lowest BCUT2D eigenvalue weighted by Crippen LogP contribution is -2.31. The van der Waals surface area contributed by atoms with Gasteiger partial charge < -0.3 is 19.7 Å². The maximum absolute atomic E-state index is 9.95. The van der Waals surface area contributed by atoms with Crippen molar-refractivity contribution in [3.8, 4) is 22.7 Å². The van der Waals surface area contributed by atoms with Gasteiger partial charge in [0.25, 0.3) is 6.47 Å². The summed E-state index contributed by atoms with van der Waals surface area (Å²) in [7, 11) is 0. The van der Waals surface area contributed by atoms with Crippen molar-refractivity contribution in [3.63, 3.8) is 0 Å². The molecule has 0 saturated carbocycles. The van der Waals surface area contributed by atoms with E-state index in [0.29, 0.717) is 0 Å². The van der Waals surface area contributed by atoms with Crippen LogP contribution in [0.1, 0.15) is 29.3 Å². The second-order valence-corrected chi connectivity index (χ2v) is 9.01. The van der Waals surface area contributed by atoms with Crippen molar-refractivity contribution in [3.05, 3.63) is 83.6 Å². The molecule has 188 valence electrons. The average Bonchev–Trinajstić information content (AvgIpc) is 3.57. The molecule has 3 N–H and O–H groups in total. The zero-order valence-corrected chi connectivity index (χ0v) is 20.7. The van der Waals surface area contributed by atoms with Crippen molar-refractivity contribution in [2.45, 2.75) is 33.2 Å². The summed E-state index contributed by atoms with van der Waals surface area (Å²) in [4.78, 5) is 20.2. The summed E-state index contributed by atoms with van der Waals surface area (Å²) in [5, 5.41) is 25.3. The van der Waals surface area contributed by atoms with E-state index in [2.05, 4.69) is 62.0 Å². The minimum atomic E-state index is -0.250. The van der Waals surface area contributed by atoms with Crippen LogP contribution in [0.25, 0.3) is 27.8 Å². The highest BCUT2D eigenvalue weighted by atomic mass is 16.3. The SMILES string of the molecule is CCc1cc(O)ccc1-c1cc2[nH]ncc2c(N2CCc3cc(-n4cnc(C)c4)ccc3C2)n1.O=CO. The number of aromatic amines is 1. The molecule has 0 saturated heterocycles. The number of hydrogen-bond acceptors (Lipinski definition) is 6. The van der Waals surface area contributed by atoms with E-state index >= 15 is 0 Å². The number of phenolic OH excluding ortho intramolecular Hbond substituents is 1. The molecule has 0 aliphatic carbocycles. The lowest BCUT2D eigenvalue weighted by molar-refractivity contribution is -0.122. The lowest BCUT2D eigenvalue weighted by Gasteiger charge is -2.31. The van der Waals surface area contributed by atoms with E-state index in [1.165, 1.54) is 11.1 Å². The first kappa shape index (κ1) is 24.1. The number of fused-ring (bicyclic) bond motifs is 2. The molecule has 37 heavy (non-hydrogen) atoms. The number of carbonyl (C=O) groups is 1. The number of aromatic hydroxyl groups is 1. The molecule has 2 aromatic carbocycles. The van der Waals surface area contributed by atoms with Crippen molar-refractivity contribution in [1.29, 1.82) is 0 Å². The average molecular weight is 497 g/mol. The third kappa shape index (κ3) is 4.75. The third-order valence-electron chi connectivity index (χ3n) is 6.67. The van der Waals surface area contributed by atoms with Crippen LogP contribution in [0.2, 0.25) is 0 Å². The van der Waals surface area contributed by atoms with Gasteiger partial charge in [-0.05, 0) is 72.9 Å². The van der Waals surface area contributed by atoms with Gasteiger partial charge in [-0.1, -0.05) is 13.0 Å². The topological polar surface area (TPSA) is 120 Å². The molecule has 0 bridgehead atoms. The number of imidazole rings is 1. The Morgan fingerprint density at radius 3 is 2.73 bits per heavy atom. The molecule has 0 amide bonds. The van der Waals surface area contributed by atoms with Gasteiger partial charge in [-0.3, -0.25) is 9.89 Å². The van der Waals surface area contributed by atoms with Crippen LogP contribution in [0.5, 0.6) is 5.75 Å². The molecule has 9 nitrogen and oxygen atoms in total. The number of carboxylic acid groups (broad SMARTS) is 1. The second kappa shape index (κ2) is 10.1. The molecule has 0 radical (unpaired) electrons. The number of aromatic nitrogens is 5. The molecule has 9 heteroatoms. The molecule has 1 aliphatic rings. The summed E-state index contributed by atoms with van der Waals surface area (Å²) in [6, 6.07) is 14.2. The highest BCUT2D eigenvalue weighted by molar-refractivity contribution is 5.92. The summed E-state index contributed by atoms with van der Waals surface area (Å²) in [5.41, 5.74) is 8.80. The van der Waals surface area contributed by atoms with Crippen molar-refractivity contribution in [1.82, 2.24) is 24.7 Å². The number of phenols is 1. The zero-order valence-electron chi connectivity index (χ0n) is 20.7. The van der Waals surface area contributed by atoms with Crippen LogP contribution in [-0.4, -0.2) is 48.0 Å². The summed E-state index contributed by atoms with van der Waals surface area (Å²) in [5.74, 6) is 1.22. The highest BCUT2D eigenvalue weighted by Crippen LogP contribution is 2.34. The Labute approximate surface area is 214 Å². The number of nitrogens with one attached hydrogen (secondary N) is 1. The van der Waals surface area contributed by atoms with Crippen LogP contribution in [0.15, 0.2) is 61.2 Å². The minimum absolute atomic E-state index is 0.250. The Kier molecular flexibility index (Phi) is 6.59. The number of H-pyrrole nitrogens is 1. The highest BCUT2D eigenvalue weighted by Gasteiger charge is 2.22. The fraction of sp³-hybridized carbons (Fsp3) is 0.214. The van der Waals surface area contributed by atoms with E-state index in [4.69, 9.17) is 14.9 Å². The van der Waals surface area contributed by atoms with E-state index in [1.807, 2.05) is 31.6 Å². The molecule has 6 rings (SSSR count). The summed E-state index contributed by atoms with van der Waals surface area (Å²) in [6.45, 7) is 5.53. The van der Waals surface area contributed by atoms with Gasteiger partial charge in [0.2, 0.25) is 0 Å². The van der Waals surface area contributed by atoms with E-state index in [1.54, 1.807) is 6.07 Å². The van der Waals surface area contributed by atoms with Gasteiger partial charge in [0.15, 0.2) is 0 Å². The quantitative estimate of drug-likeness (QED) is 0.310. The van der Waals surface area contributed by atoms with Crippen LogP contribution in [0.3, 0.4) is 0 Å². The number of nitrogens with zero attached hydrogens (tertiary/aromatic N) is 5. The Balaban J connectivity index is 0.000000892. The molecular formula is C28H28N6O3. The predicted molar refractivity (Wildman–Crippen MR) is 142 cm³/mol. The van der Waals surface area contributed by atoms with Crippen LogP contribution in [-0.2, 0) is 24.2 Å². The molecule has 0 unspecified atom stereocenters. The van der Waals surface area contributed by atoms with Crippen LogP contribution < -0.4 is 4.90 Å². The van der Waals surface area contributed by atoms with Crippen LogP contribution in [0.4, 0.5) is 5.82 Å². The van der Waals surface area contributed by atoms with Gasteiger partial charge in [-0.25, -0.2) is 9.97 Å². The lowest BCUT2D eigenvalue weighted by atomic mass is 9.98. The van der Waals surface area contributed by atoms with Crippen LogP contribution in [0, 0.1) is 6.92 Å². The summed E-state index contributed by atoms with van der Waals surface area (Å²) in [6.07, 6.45) is 7.54. The molecular weight excluding hydrogens is 468 g/mol. The molecule has 5 aromatic rings. The van der Waals surface area contributed by atoms with E-state index in [0.717, 1.165) is 70.9 Å². The second-order valence-electron chi connectivity index (χ2n) is 9.01. The summed E-state index contributed by atoms with van der Waals surface area (Å²) >= 11 is 0. The minimum Gasteiger partial charge on any atom is -0.508 e. The Morgan fingerprint density at radius 2 is 1.97 bits per heavy atom. The number of benzene rings is 2. The number of rotatable bonds is 4. The number of pyridine rings is 1. The number of anilines is 1. The first-order chi connectivity index (χ1) is 18.0. The maximum atomic E-state index is 9.95. The number of aryl methyl sites for hydroxylation is 2. The Hall–Kier alpha value is -4.66. The predicted octanol–water partition coefficient (Wildman–Crippen LogP) is 4.65. The van der Waals surface area contributed by atoms with Gasteiger partial charge >= 0.3 is 0 Å². The van der Waals surface area contributed by atoms with Crippen molar-refractivity contribution >= 4 is 23.2 Å². The van der Waals surface area contributed by atoms with E-state index in [-0.39, 0.29) is 12.2 Å². The van der Waals surface area contributed by atoms with Gasteiger partial charge in [-0.15, -0.1) is 0 Å². The molecule has 0 atom stereocenters. The largest absolute Gasteiger partial charge is 0.508 e. The number of hydrogen-bond donors (Lipinski definition) is 3. The van der Waals surface area contributed by atoms with Crippen molar-refractivity contribution in [2.75, 3.05) is 11.4 Å². The fourth-order valence-corrected chi connectivity index (χ4v) is 4.87. The smallest absolute Gasteiger partial charge is 0.290 e. The summed E-state index contributed by atoms with van der Waals surface area (Å²) < 4.78 is 2.07. The standard InChI is InChI=1S/C27H26N6O.CH2O2/c1-3-18-11-22(34)6-7-23(18)25-12-26-24(13-29-31-26)27(30-25)32-9-8-19-10-21(5-4-20(19)15-32)33-14-17(2)28-16-33;2-1-3/h4-7,10-14,16,34H,3,8-9,15H2,1-2H3,(H,29,31);1H,(H,2,3). The van der Waals surface area contributed by atoms with Crippen LogP contribution >= 0.6 is 0 Å². The van der Waals surface area contributed by atoms with Gasteiger partial charge in [0.05, 0.1) is 34.8 Å². The first-order valence-electron chi connectivity index (χ1n) is 12.1.